The van der Waals surface area contributed by atoms with Crippen LogP contribution in [0, 0.1) is 6.92 Å². The molecule has 0 saturated heterocycles. The van der Waals surface area contributed by atoms with Crippen molar-refractivity contribution in [2.24, 2.45) is 5.90 Å². The predicted octanol–water partition coefficient (Wildman–Crippen LogP) is 1.91. The standard InChI is InChI=1S/C11H15NO2/c1-3-9(11(13)14-12)10-7-5-4-6-8(10)2/h4-7,9H,3,12H2,1-2H3/t9-/m0/s1. The van der Waals surface area contributed by atoms with Crippen LogP contribution < -0.4 is 5.90 Å². The molecule has 0 heterocycles. The first kappa shape index (κ1) is 10.7. The molecule has 1 aromatic carbocycles. The number of hydrogen-bond donors (Lipinski definition) is 1. The Kier molecular flexibility index (Phi) is 3.65. The average Bonchev–Trinajstić information content (AvgIpc) is 2.21. The summed E-state index contributed by atoms with van der Waals surface area (Å²) in [7, 11) is 0. The fraction of sp³-hybridized carbons (Fsp3) is 0.364. The van der Waals surface area contributed by atoms with Crippen molar-refractivity contribution in [1.82, 2.24) is 0 Å². The van der Waals surface area contributed by atoms with E-state index >= 15 is 0 Å². The van der Waals surface area contributed by atoms with Gasteiger partial charge in [0, 0.05) is 0 Å². The van der Waals surface area contributed by atoms with Crippen LogP contribution in [-0.4, -0.2) is 5.97 Å². The largest absolute Gasteiger partial charge is 0.373 e. The highest BCUT2D eigenvalue weighted by Crippen LogP contribution is 2.23. The number of carbonyl (C=O) groups excluding carboxylic acids is 1. The quantitative estimate of drug-likeness (QED) is 0.746. The molecule has 1 atom stereocenters. The van der Waals surface area contributed by atoms with Crippen molar-refractivity contribution >= 4 is 5.97 Å². The molecule has 3 nitrogen and oxygen atoms in total. The summed E-state index contributed by atoms with van der Waals surface area (Å²) in [6.07, 6.45) is 0.695. The van der Waals surface area contributed by atoms with Crippen LogP contribution >= 0.6 is 0 Å². The third-order valence-electron chi connectivity index (χ3n) is 2.37. The molecular weight excluding hydrogens is 178 g/mol. The van der Waals surface area contributed by atoms with Crippen molar-refractivity contribution in [2.45, 2.75) is 26.2 Å². The summed E-state index contributed by atoms with van der Waals surface area (Å²) in [6.45, 7) is 3.91. The third-order valence-corrected chi connectivity index (χ3v) is 2.37. The van der Waals surface area contributed by atoms with E-state index in [1.807, 2.05) is 38.1 Å². The van der Waals surface area contributed by atoms with Crippen LogP contribution in [0.25, 0.3) is 0 Å². The number of aryl methyl sites for hydroxylation is 1. The molecule has 0 fully saturated rings. The monoisotopic (exact) mass is 193 g/mol. The Bertz CT molecular complexity index is 323. The Labute approximate surface area is 83.8 Å². The molecule has 0 radical (unpaired) electrons. The first-order chi connectivity index (χ1) is 6.70. The zero-order valence-corrected chi connectivity index (χ0v) is 8.49. The van der Waals surface area contributed by atoms with Crippen molar-refractivity contribution in [1.29, 1.82) is 0 Å². The number of carbonyl (C=O) groups is 1. The summed E-state index contributed by atoms with van der Waals surface area (Å²) in [5, 5.41) is 0. The van der Waals surface area contributed by atoms with E-state index < -0.39 is 0 Å². The van der Waals surface area contributed by atoms with E-state index in [9.17, 15) is 4.79 Å². The Morgan fingerprint density at radius 3 is 2.64 bits per heavy atom. The fourth-order valence-electron chi connectivity index (χ4n) is 1.57. The Morgan fingerprint density at radius 1 is 1.50 bits per heavy atom. The van der Waals surface area contributed by atoms with E-state index in [0.29, 0.717) is 6.42 Å². The molecule has 1 aromatic rings. The van der Waals surface area contributed by atoms with Gasteiger partial charge in [-0.15, -0.1) is 0 Å². The zero-order chi connectivity index (χ0) is 10.6. The molecule has 0 bridgehead atoms. The molecule has 0 aliphatic rings. The maximum atomic E-state index is 11.3. The summed E-state index contributed by atoms with van der Waals surface area (Å²) in [5.41, 5.74) is 2.08. The summed E-state index contributed by atoms with van der Waals surface area (Å²) < 4.78 is 0. The molecule has 76 valence electrons. The van der Waals surface area contributed by atoms with Crippen LogP contribution in [0.5, 0.6) is 0 Å². The first-order valence-electron chi connectivity index (χ1n) is 4.66. The minimum Gasteiger partial charge on any atom is -0.373 e. The van der Waals surface area contributed by atoms with Crippen LogP contribution in [-0.2, 0) is 9.63 Å². The summed E-state index contributed by atoms with van der Waals surface area (Å²) in [6, 6.07) is 7.76. The van der Waals surface area contributed by atoms with Gasteiger partial charge in [-0.3, -0.25) is 0 Å². The van der Waals surface area contributed by atoms with Gasteiger partial charge in [0.25, 0.3) is 0 Å². The number of rotatable bonds is 3. The van der Waals surface area contributed by atoms with E-state index in [4.69, 9.17) is 5.90 Å². The number of hydrogen-bond acceptors (Lipinski definition) is 3. The maximum Gasteiger partial charge on any atom is 0.331 e. The van der Waals surface area contributed by atoms with Crippen LogP contribution in [0.1, 0.15) is 30.4 Å². The predicted molar refractivity (Wildman–Crippen MR) is 54.5 cm³/mol. The Hall–Kier alpha value is -1.35. The van der Waals surface area contributed by atoms with E-state index in [1.54, 1.807) is 0 Å². The van der Waals surface area contributed by atoms with Gasteiger partial charge in [0.05, 0.1) is 5.92 Å². The van der Waals surface area contributed by atoms with Gasteiger partial charge in [0.15, 0.2) is 0 Å². The minimum absolute atomic E-state index is 0.249. The fourth-order valence-corrected chi connectivity index (χ4v) is 1.57. The molecule has 0 aliphatic carbocycles. The summed E-state index contributed by atoms with van der Waals surface area (Å²) in [5.74, 6) is 4.26. The molecule has 3 heteroatoms. The lowest BCUT2D eigenvalue weighted by Crippen LogP contribution is -2.19. The van der Waals surface area contributed by atoms with Crippen molar-refractivity contribution in [3.8, 4) is 0 Å². The van der Waals surface area contributed by atoms with Crippen LogP contribution in [0.15, 0.2) is 24.3 Å². The van der Waals surface area contributed by atoms with Gasteiger partial charge in [-0.1, -0.05) is 31.2 Å². The molecule has 14 heavy (non-hydrogen) atoms. The van der Waals surface area contributed by atoms with Crippen LogP contribution in [0.4, 0.5) is 0 Å². The minimum atomic E-state index is -0.373. The topological polar surface area (TPSA) is 52.3 Å². The normalized spacial score (nSPS) is 12.2. The molecule has 0 spiro atoms. The highest BCUT2D eigenvalue weighted by molar-refractivity contribution is 5.78. The zero-order valence-electron chi connectivity index (χ0n) is 8.49. The lowest BCUT2D eigenvalue weighted by Gasteiger charge is -2.14. The molecule has 0 amide bonds. The second-order valence-electron chi connectivity index (χ2n) is 3.25. The van der Waals surface area contributed by atoms with Gasteiger partial charge in [0.1, 0.15) is 0 Å². The molecule has 0 saturated carbocycles. The Balaban J connectivity index is 3.01. The summed E-state index contributed by atoms with van der Waals surface area (Å²) in [4.78, 5) is 15.6. The number of nitrogens with two attached hydrogens (primary N) is 1. The smallest absolute Gasteiger partial charge is 0.331 e. The van der Waals surface area contributed by atoms with Crippen molar-refractivity contribution in [3.05, 3.63) is 35.4 Å². The summed E-state index contributed by atoms with van der Waals surface area (Å²) >= 11 is 0. The van der Waals surface area contributed by atoms with E-state index in [-0.39, 0.29) is 11.9 Å². The van der Waals surface area contributed by atoms with E-state index in [1.165, 1.54) is 0 Å². The second-order valence-corrected chi connectivity index (χ2v) is 3.25. The van der Waals surface area contributed by atoms with Crippen LogP contribution in [0.3, 0.4) is 0 Å². The van der Waals surface area contributed by atoms with Crippen molar-refractivity contribution in [3.63, 3.8) is 0 Å². The molecular formula is C11H15NO2. The van der Waals surface area contributed by atoms with Crippen molar-refractivity contribution < 1.29 is 9.63 Å². The van der Waals surface area contributed by atoms with Gasteiger partial charge in [-0.2, -0.15) is 5.90 Å². The van der Waals surface area contributed by atoms with Crippen molar-refractivity contribution in [2.75, 3.05) is 0 Å². The van der Waals surface area contributed by atoms with Gasteiger partial charge in [0.2, 0.25) is 0 Å². The van der Waals surface area contributed by atoms with E-state index in [2.05, 4.69) is 4.84 Å². The van der Waals surface area contributed by atoms with Gasteiger partial charge < -0.3 is 4.84 Å². The lowest BCUT2D eigenvalue weighted by atomic mass is 9.93. The third kappa shape index (κ3) is 2.12. The molecule has 0 unspecified atom stereocenters. The van der Waals surface area contributed by atoms with Gasteiger partial charge in [-0.05, 0) is 24.5 Å². The maximum absolute atomic E-state index is 11.3. The van der Waals surface area contributed by atoms with Gasteiger partial charge in [-0.25, -0.2) is 4.79 Å². The van der Waals surface area contributed by atoms with Crippen LogP contribution in [0.2, 0.25) is 0 Å². The molecule has 0 aliphatic heterocycles. The molecule has 1 rings (SSSR count). The van der Waals surface area contributed by atoms with E-state index in [0.717, 1.165) is 11.1 Å². The lowest BCUT2D eigenvalue weighted by molar-refractivity contribution is -0.146. The first-order valence-corrected chi connectivity index (χ1v) is 4.66. The second kappa shape index (κ2) is 4.77. The highest BCUT2D eigenvalue weighted by Gasteiger charge is 2.20. The highest BCUT2D eigenvalue weighted by atomic mass is 16.7. The Morgan fingerprint density at radius 2 is 2.14 bits per heavy atom. The number of benzene rings is 1. The molecule has 0 aromatic heterocycles. The SMILES string of the molecule is CC[C@H](C(=O)ON)c1ccccc1C. The van der Waals surface area contributed by atoms with Gasteiger partial charge >= 0.3 is 5.97 Å². The molecule has 2 N–H and O–H groups in total. The average molecular weight is 193 g/mol.